The van der Waals surface area contributed by atoms with Gasteiger partial charge in [-0.05, 0) is 29.8 Å². The zero-order chi connectivity index (χ0) is 14.7. The summed E-state index contributed by atoms with van der Waals surface area (Å²) in [6, 6.07) is 9.60. The molecular formula is C13H10BrClN2O3. The average molecular weight is 358 g/mol. The lowest BCUT2D eigenvalue weighted by molar-refractivity contribution is -0.385. The van der Waals surface area contributed by atoms with Gasteiger partial charge in [-0.1, -0.05) is 33.6 Å². The highest BCUT2D eigenvalue weighted by Gasteiger charge is 2.17. The molecule has 2 aromatic carbocycles. The fourth-order valence-corrected chi connectivity index (χ4v) is 2.18. The van der Waals surface area contributed by atoms with Gasteiger partial charge < -0.3 is 10.5 Å². The predicted molar refractivity (Wildman–Crippen MR) is 80.2 cm³/mol. The molecule has 0 aliphatic rings. The number of halogens is 2. The van der Waals surface area contributed by atoms with Crippen LogP contribution in [0.1, 0.15) is 5.56 Å². The Bertz CT molecular complexity index is 664. The lowest BCUT2D eigenvalue weighted by atomic mass is 10.2. The van der Waals surface area contributed by atoms with Crippen LogP contribution in [0.25, 0.3) is 0 Å². The Morgan fingerprint density at radius 3 is 2.55 bits per heavy atom. The van der Waals surface area contributed by atoms with Gasteiger partial charge in [-0.2, -0.15) is 0 Å². The summed E-state index contributed by atoms with van der Waals surface area (Å²) in [5.74, 6) is 0.467. The van der Waals surface area contributed by atoms with E-state index < -0.39 is 4.92 Å². The molecule has 0 fully saturated rings. The predicted octanol–water partition coefficient (Wildman–Crippen LogP) is 4.26. The molecule has 0 unspecified atom stereocenters. The largest absolute Gasteiger partial charge is 0.449 e. The van der Waals surface area contributed by atoms with Gasteiger partial charge >= 0.3 is 5.69 Å². The molecular weight excluding hydrogens is 348 g/mol. The molecule has 0 atom stereocenters. The Morgan fingerprint density at radius 1 is 1.25 bits per heavy atom. The van der Waals surface area contributed by atoms with Crippen LogP contribution in [-0.2, 0) is 6.54 Å². The summed E-state index contributed by atoms with van der Waals surface area (Å²) in [6.07, 6.45) is 0. The van der Waals surface area contributed by atoms with Crippen molar-refractivity contribution in [2.75, 3.05) is 0 Å². The molecule has 0 heterocycles. The summed E-state index contributed by atoms with van der Waals surface area (Å²) in [5.41, 5.74) is 6.22. The topological polar surface area (TPSA) is 78.4 Å². The van der Waals surface area contributed by atoms with E-state index in [2.05, 4.69) is 15.9 Å². The normalized spacial score (nSPS) is 10.3. The van der Waals surface area contributed by atoms with Crippen molar-refractivity contribution in [2.24, 2.45) is 5.73 Å². The third-order valence-corrected chi connectivity index (χ3v) is 3.36. The molecule has 2 N–H and O–H groups in total. The summed E-state index contributed by atoms with van der Waals surface area (Å²) in [6.45, 7) is 0.360. The SMILES string of the molecule is NCc1ccc(Oc2ccc(Br)cc2[N+](=O)[O-])c(Cl)c1. The van der Waals surface area contributed by atoms with E-state index in [-0.39, 0.29) is 11.4 Å². The van der Waals surface area contributed by atoms with Crippen LogP contribution in [0.4, 0.5) is 5.69 Å². The molecule has 2 rings (SSSR count). The van der Waals surface area contributed by atoms with Crippen molar-refractivity contribution in [3.8, 4) is 11.5 Å². The maximum atomic E-state index is 11.0. The van der Waals surface area contributed by atoms with Gasteiger partial charge in [-0.15, -0.1) is 0 Å². The van der Waals surface area contributed by atoms with Crippen LogP contribution in [0.5, 0.6) is 11.5 Å². The Kier molecular flexibility index (Phi) is 4.59. The lowest BCUT2D eigenvalue weighted by Gasteiger charge is -2.09. The van der Waals surface area contributed by atoms with Crippen molar-refractivity contribution in [3.63, 3.8) is 0 Å². The Morgan fingerprint density at radius 2 is 1.95 bits per heavy atom. The van der Waals surface area contributed by atoms with Gasteiger partial charge in [0.05, 0.1) is 9.95 Å². The number of benzene rings is 2. The van der Waals surface area contributed by atoms with E-state index in [0.717, 1.165) is 5.56 Å². The van der Waals surface area contributed by atoms with Crippen LogP contribution in [0.2, 0.25) is 5.02 Å². The number of nitro benzene ring substituents is 1. The fraction of sp³-hybridized carbons (Fsp3) is 0.0769. The molecule has 5 nitrogen and oxygen atoms in total. The Hall–Kier alpha value is -1.63. The van der Waals surface area contributed by atoms with Crippen LogP contribution in [0.3, 0.4) is 0 Å². The van der Waals surface area contributed by atoms with Gasteiger partial charge in [0.25, 0.3) is 0 Å². The lowest BCUT2D eigenvalue weighted by Crippen LogP contribution is -1.97. The van der Waals surface area contributed by atoms with Gasteiger partial charge in [-0.3, -0.25) is 10.1 Å². The second-order valence-corrected chi connectivity index (χ2v) is 5.26. The van der Waals surface area contributed by atoms with Crippen molar-refractivity contribution in [2.45, 2.75) is 6.54 Å². The third-order valence-electron chi connectivity index (χ3n) is 2.57. The van der Waals surface area contributed by atoms with Crippen LogP contribution in [-0.4, -0.2) is 4.92 Å². The van der Waals surface area contributed by atoms with Crippen molar-refractivity contribution in [3.05, 3.63) is 61.6 Å². The fourth-order valence-electron chi connectivity index (χ4n) is 1.59. The van der Waals surface area contributed by atoms with E-state index in [4.69, 9.17) is 22.1 Å². The Balaban J connectivity index is 2.37. The standard InChI is InChI=1S/C13H10BrClN2O3/c14-9-2-4-13(11(6-9)17(18)19)20-12-3-1-8(7-16)5-10(12)15/h1-6H,7,16H2. The summed E-state index contributed by atoms with van der Waals surface area (Å²) >= 11 is 9.25. The second-order valence-electron chi connectivity index (χ2n) is 3.94. The molecule has 0 aliphatic heterocycles. The molecule has 104 valence electrons. The molecule has 0 amide bonds. The summed E-state index contributed by atoms with van der Waals surface area (Å²) in [4.78, 5) is 10.5. The maximum Gasteiger partial charge on any atom is 0.312 e. The first-order valence-corrected chi connectivity index (χ1v) is 6.78. The number of ether oxygens (including phenoxy) is 1. The number of nitro groups is 1. The molecule has 2 aromatic rings. The van der Waals surface area contributed by atoms with E-state index in [1.54, 1.807) is 24.3 Å². The number of nitrogens with two attached hydrogens (primary N) is 1. The van der Waals surface area contributed by atoms with Crippen molar-refractivity contribution in [1.29, 1.82) is 0 Å². The van der Waals surface area contributed by atoms with E-state index in [0.29, 0.717) is 21.8 Å². The smallest absolute Gasteiger partial charge is 0.312 e. The minimum atomic E-state index is -0.512. The highest BCUT2D eigenvalue weighted by molar-refractivity contribution is 9.10. The Labute approximate surface area is 128 Å². The molecule has 0 bridgehead atoms. The molecule has 0 spiro atoms. The zero-order valence-corrected chi connectivity index (χ0v) is 12.5. The minimum Gasteiger partial charge on any atom is -0.449 e. The highest BCUT2D eigenvalue weighted by Crippen LogP contribution is 2.36. The van der Waals surface area contributed by atoms with E-state index in [9.17, 15) is 10.1 Å². The van der Waals surface area contributed by atoms with Gasteiger partial charge in [0.1, 0.15) is 5.75 Å². The first-order chi connectivity index (χ1) is 9.51. The van der Waals surface area contributed by atoms with Gasteiger partial charge in [0, 0.05) is 17.1 Å². The van der Waals surface area contributed by atoms with Crippen molar-refractivity contribution >= 4 is 33.2 Å². The molecule has 7 heteroatoms. The molecule has 0 aromatic heterocycles. The monoisotopic (exact) mass is 356 g/mol. The molecule has 20 heavy (non-hydrogen) atoms. The van der Waals surface area contributed by atoms with E-state index in [1.807, 2.05) is 0 Å². The van der Waals surface area contributed by atoms with Crippen LogP contribution < -0.4 is 10.5 Å². The number of nitrogens with zero attached hydrogens (tertiary/aromatic N) is 1. The maximum absolute atomic E-state index is 11.0. The van der Waals surface area contributed by atoms with E-state index >= 15 is 0 Å². The first kappa shape index (κ1) is 14.8. The van der Waals surface area contributed by atoms with Crippen LogP contribution >= 0.6 is 27.5 Å². The van der Waals surface area contributed by atoms with Crippen molar-refractivity contribution in [1.82, 2.24) is 0 Å². The summed E-state index contributed by atoms with van der Waals surface area (Å²) < 4.78 is 6.12. The van der Waals surface area contributed by atoms with Gasteiger partial charge in [0.15, 0.2) is 0 Å². The quantitative estimate of drug-likeness (QED) is 0.655. The first-order valence-electron chi connectivity index (χ1n) is 5.61. The number of hydrogen-bond donors (Lipinski definition) is 1. The average Bonchev–Trinajstić information content (AvgIpc) is 2.42. The number of hydrogen-bond acceptors (Lipinski definition) is 4. The van der Waals surface area contributed by atoms with Gasteiger partial charge in [-0.25, -0.2) is 0 Å². The van der Waals surface area contributed by atoms with Gasteiger partial charge in [0.2, 0.25) is 5.75 Å². The molecule has 0 saturated carbocycles. The second kappa shape index (κ2) is 6.21. The van der Waals surface area contributed by atoms with Crippen LogP contribution in [0, 0.1) is 10.1 Å². The zero-order valence-electron chi connectivity index (χ0n) is 10.2. The molecule has 0 radical (unpaired) electrons. The minimum absolute atomic E-state index is 0.126. The summed E-state index contributed by atoms with van der Waals surface area (Å²) in [5, 5.41) is 11.4. The molecule has 0 saturated heterocycles. The van der Waals surface area contributed by atoms with E-state index in [1.165, 1.54) is 12.1 Å². The number of rotatable bonds is 4. The highest BCUT2D eigenvalue weighted by atomic mass is 79.9. The third kappa shape index (κ3) is 3.27. The molecule has 0 aliphatic carbocycles. The van der Waals surface area contributed by atoms with Crippen molar-refractivity contribution < 1.29 is 9.66 Å². The van der Waals surface area contributed by atoms with Crippen LogP contribution in [0.15, 0.2) is 40.9 Å². The summed E-state index contributed by atoms with van der Waals surface area (Å²) in [7, 11) is 0.